The molecule has 0 spiro atoms. The third-order valence-electron chi connectivity index (χ3n) is 4.42. The fourth-order valence-electron chi connectivity index (χ4n) is 2.98. The second kappa shape index (κ2) is 7.10. The lowest BCUT2D eigenvalue weighted by molar-refractivity contribution is -0.117. The zero-order chi connectivity index (χ0) is 16.2. The quantitative estimate of drug-likeness (QED) is 0.818. The van der Waals surface area contributed by atoms with E-state index in [-0.39, 0.29) is 11.8 Å². The summed E-state index contributed by atoms with van der Waals surface area (Å²) in [6, 6.07) is 8.23. The van der Waals surface area contributed by atoms with Gasteiger partial charge < -0.3 is 10.4 Å². The van der Waals surface area contributed by atoms with Crippen LogP contribution in [0.3, 0.4) is 0 Å². The average molecular weight is 301 g/mol. The normalized spacial score (nSPS) is 17.8. The summed E-state index contributed by atoms with van der Waals surface area (Å²) in [4.78, 5) is 12.2. The van der Waals surface area contributed by atoms with E-state index >= 15 is 0 Å². The molecule has 1 aromatic rings. The van der Waals surface area contributed by atoms with E-state index in [0.717, 1.165) is 36.8 Å². The zero-order valence-corrected chi connectivity index (χ0v) is 13.9. The van der Waals surface area contributed by atoms with Gasteiger partial charge in [0.25, 0.3) is 0 Å². The van der Waals surface area contributed by atoms with Crippen LogP contribution in [0.2, 0.25) is 0 Å². The molecular weight excluding hydrogens is 274 g/mol. The summed E-state index contributed by atoms with van der Waals surface area (Å²) in [6.45, 7) is 6.58. The van der Waals surface area contributed by atoms with Crippen molar-refractivity contribution >= 4 is 11.5 Å². The van der Waals surface area contributed by atoms with Crippen molar-refractivity contribution < 1.29 is 9.90 Å². The number of hydrogen-bond acceptors (Lipinski definition) is 2. The molecule has 1 saturated carbocycles. The number of aliphatic hydroxyl groups is 1. The first-order chi connectivity index (χ1) is 10.4. The number of aryl methyl sites for hydroxylation is 1. The highest BCUT2D eigenvalue weighted by atomic mass is 16.3. The maximum Gasteiger partial charge on any atom is 0.244 e. The predicted octanol–water partition coefficient (Wildman–Crippen LogP) is 3.46. The first kappa shape index (κ1) is 16.8. The van der Waals surface area contributed by atoms with E-state index in [1.807, 2.05) is 0 Å². The van der Waals surface area contributed by atoms with Crippen LogP contribution < -0.4 is 5.32 Å². The average Bonchev–Trinajstić information content (AvgIpc) is 2.91. The molecule has 1 aliphatic rings. The Kier molecular flexibility index (Phi) is 5.41. The van der Waals surface area contributed by atoms with Crippen molar-refractivity contribution in [2.24, 2.45) is 5.92 Å². The molecule has 0 bridgehead atoms. The van der Waals surface area contributed by atoms with Crippen LogP contribution in [0.25, 0.3) is 5.57 Å². The molecule has 0 atom stereocenters. The molecule has 1 aliphatic carbocycles. The van der Waals surface area contributed by atoms with E-state index in [4.69, 9.17) is 0 Å². The molecule has 1 amide bonds. The first-order valence-electron chi connectivity index (χ1n) is 8.18. The van der Waals surface area contributed by atoms with Gasteiger partial charge in [-0.3, -0.25) is 4.79 Å². The van der Waals surface area contributed by atoms with Crippen molar-refractivity contribution in [2.75, 3.05) is 6.54 Å². The standard InChI is InChI=1S/C19H27NO2/c1-14(2)17(16-8-6-15(3)7-9-16)12-18(21)20-13-19(22)10-4-5-11-19/h6-9,12,14,22H,4-5,10-11,13H2,1-3H3,(H,20,21)/b17-12+. The summed E-state index contributed by atoms with van der Waals surface area (Å²) in [5.41, 5.74) is 2.61. The molecule has 0 saturated heterocycles. The van der Waals surface area contributed by atoms with E-state index in [1.54, 1.807) is 6.08 Å². The molecule has 2 rings (SSSR count). The number of allylic oxidation sites excluding steroid dienone is 1. The van der Waals surface area contributed by atoms with Crippen LogP contribution >= 0.6 is 0 Å². The van der Waals surface area contributed by atoms with E-state index in [2.05, 4.69) is 50.4 Å². The van der Waals surface area contributed by atoms with Crippen molar-refractivity contribution in [3.05, 3.63) is 41.5 Å². The van der Waals surface area contributed by atoms with Crippen LogP contribution in [0, 0.1) is 12.8 Å². The molecule has 0 unspecified atom stereocenters. The van der Waals surface area contributed by atoms with Gasteiger partial charge in [-0.2, -0.15) is 0 Å². The molecule has 0 aromatic heterocycles. The number of benzene rings is 1. The Morgan fingerprint density at radius 1 is 1.27 bits per heavy atom. The zero-order valence-electron chi connectivity index (χ0n) is 13.9. The molecule has 120 valence electrons. The Bertz CT molecular complexity index is 537. The summed E-state index contributed by atoms with van der Waals surface area (Å²) in [5.74, 6) is 0.146. The highest BCUT2D eigenvalue weighted by molar-refractivity contribution is 5.95. The molecule has 2 N–H and O–H groups in total. The third-order valence-corrected chi connectivity index (χ3v) is 4.42. The lowest BCUT2D eigenvalue weighted by Crippen LogP contribution is -2.40. The summed E-state index contributed by atoms with van der Waals surface area (Å²) in [6.07, 6.45) is 5.33. The van der Waals surface area contributed by atoms with Crippen LogP contribution in [0.4, 0.5) is 0 Å². The monoisotopic (exact) mass is 301 g/mol. The van der Waals surface area contributed by atoms with Gasteiger partial charge in [-0.1, -0.05) is 56.5 Å². The van der Waals surface area contributed by atoms with E-state index < -0.39 is 5.60 Å². The summed E-state index contributed by atoms with van der Waals surface area (Å²) >= 11 is 0. The summed E-state index contributed by atoms with van der Waals surface area (Å²) in [7, 11) is 0. The van der Waals surface area contributed by atoms with Crippen LogP contribution in [-0.4, -0.2) is 23.2 Å². The minimum atomic E-state index is -0.703. The maximum absolute atomic E-state index is 12.2. The second-order valence-corrected chi connectivity index (χ2v) is 6.77. The van der Waals surface area contributed by atoms with Gasteiger partial charge in [0.15, 0.2) is 0 Å². The van der Waals surface area contributed by atoms with Gasteiger partial charge >= 0.3 is 0 Å². The maximum atomic E-state index is 12.2. The van der Waals surface area contributed by atoms with Gasteiger partial charge in [0, 0.05) is 12.6 Å². The number of hydrogen-bond donors (Lipinski definition) is 2. The highest BCUT2D eigenvalue weighted by Gasteiger charge is 2.31. The van der Waals surface area contributed by atoms with E-state index in [1.165, 1.54) is 5.56 Å². The van der Waals surface area contributed by atoms with Crippen LogP contribution in [0.5, 0.6) is 0 Å². The fraction of sp³-hybridized carbons (Fsp3) is 0.526. The molecule has 0 aliphatic heterocycles. The van der Waals surface area contributed by atoms with Crippen molar-refractivity contribution in [3.63, 3.8) is 0 Å². The van der Waals surface area contributed by atoms with E-state index in [9.17, 15) is 9.90 Å². The molecule has 0 heterocycles. The van der Waals surface area contributed by atoms with Crippen molar-refractivity contribution in [1.29, 1.82) is 0 Å². The first-order valence-corrected chi connectivity index (χ1v) is 8.18. The second-order valence-electron chi connectivity index (χ2n) is 6.77. The minimum Gasteiger partial charge on any atom is -0.388 e. The van der Waals surface area contributed by atoms with Crippen molar-refractivity contribution in [2.45, 2.75) is 52.1 Å². The number of rotatable bonds is 5. The van der Waals surface area contributed by atoms with Crippen LogP contribution in [0.15, 0.2) is 30.3 Å². The van der Waals surface area contributed by atoms with Crippen LogP contribution in [-0.2, 0) is 4.79 Å². The molecule has 3 heteroatoms. The number of amides is 1. The van der Waals surface area contributed by atoms with E-state index in [0.29, 0.717) is 6.54 Å². The molecule has 22 heavy (non-hydrogen) atoms. The number of carbonyl (C=O) groups excluding carboxylic acids is 1. The van der Waals surface area contributed by atoms with Gasteiger partial charge in [0.05, 0.1) is 5.60 Å². The Hall–Kier alpha value is -1.61. The number of carbonyl (C=O) groups is 1. The molecular formula is C19H27NO2. The summed E-state index contributed by atoms with van der Waals surface area (Å²) in [5, 5.41) is 13.2. The van der Waals surface area contributed by atoms with Gasteiger partial charge in [-0.15, -0.1) is 0 Å². The molecule has 3 nitrogen and oxygen atoms in total. The Labute approximate surface area is 133 Å². The minimum absolute atomic E-state index is 0.121. The molecule has 1 fully saturated rings. The SMILES string of the molecule is Cc1ccc(/C(=C/C(=O)NCC2(O)CCCC2)C(C)C)cc1. The third kappa shape index (κ3) is 4.44. The van der Waals surface area contributed by atoms with Gasteiger partial charge in [-0.05, 0) is 36.8 Å². The lowest BCUT2D eigenvalue weighted by Gasteiger charge is -2.22. The Balaban J connectivity index is 2.05. The van der Waals surface area contributed by atoms with Crippen LogP contribution in [0.1, 0.15) is 50.7 Å². The predicted molar refractivity (Wildman–Crippen MR) is 90.4 cm³/mol. The molecule has 0 radical (unpaired) electrons. The Morgan fingerprint density at radius 2 is 1.86 bits per heavy atom. The van der Waals surface area contributed by atoms with Gasteiger partial charge in [-0.25, -0.2) is 0 Å². The van der Waals surface area contributed by atoms with Gasteiger partial charge in [0.1, 0.15) is 0 Å². The topological polar surface area (TPSA) is 49.3 Å². The Morgan fingerprint density at radius 3 is 2.41 bits per heavy atom. The number of nitrogens with one attached hydrogen (secondary N) is 1. The largest absolute Gasteiger partial charge is 0.388 e. The fourth-order valence-corrected chi connectivity index (χ4v) is 2.98. The van der Waals surface area contributed by atoms with Crippen molar-refractivity contribution in [1.82, 2.24) is 5.32 Å². The lowest BCUT2D eigenvalue weighted by atomic mass is 9.94. The molecule has 1 aromatic carbocycles. The van der Waals surface area contributed by atoms with Crippen molar-refractivity contribution in [3.8, 4) is 0 Å². The summed E-state index contributed by atoms with van der Waals surface area (Å²) < 4.78 is 0. The smallest absolute Gasteiger partial charge is 0.244 e. The highest BCUT2D eigenvalue weighted by Crippen LogP contribution is 2.28. The van der Waals surface area contributed by atoms with Gasteiger partial charge in [0.2, 0.25) is 5.91 Å².